The fourth-order valence-corrected chi connectivity index (χ4v) is 4.01. The first-order valence-electron chi connectivity index (χ1n) is 9.07. The third-order valence-electron chi connectivity index (χ3n) is 4.33. The second-order valence-electron chi connectivity index (χ2n) is 6.52. The summed E-state index contributed by atoms with van der Waals surface area (Å²) in [7, 11) is -4.00. The molecular weight excluding hydrogens is 391 g/mol. The fourth-order valence-electron chi connectivity index (χ4n) is 2.81. The molecular formula is C22H21FN2O3S. The van der Waals surface area contributed by atoms with Gasteiger partial charge in [0.05, 0.1) is 4.90 Å². The summed E-state index contributed by atoms with van der Waals surface area (Å²) in [5.74, 6) is -0.978. The van der Waals surface area contributed by atoms with E-state index in [0.717, 1.165) is 23.3 Å². The highest BCUT2D eigenvalue weighted by Crippen LogP contribution is 2.12. The molecule has 1 unspecified atom stereocenters. The van der Waals surface area contributed by atoms with Crippen molar-refractivity contribution in [2.45, 2.75) is 23.9 Å². The zero-order valence-corrected chi connectivity index (χ0v) is 16.4. The molecule has 0 aliphatic heterocycles. The van der Waals surface area contributed by atoms with E-state index in [0.29, 0.717) is 0 Å². The van der Waals surface area contributed by atoms with Crippen LogP contribution in [0.25, 0.3) is 0 Å². The highest BCUT2D eigenvalue weighted by atomic mass is 32.2. The largest absolute Gasteiger partial charge is 0.351 e. The van der Waals surface area contributed by atoms with Crippen molar-refractivity contribution in [2.75, 3.05) is 0 Å². The standard InChI is InChI=1S/C22H21FN2O3S/c23-19-11-13-20(14-12-19)29(27,28)25-21(15-17-7-3-1-4-8-17)22(26)24-16-18-9-5-2-6-10-18/h1-14,21,25H,15-16H2,(H,24,26). The second kappa shape index (κ2) is 9.45. The van der Waals surface area contributed by atoms with Crippen molar-refractivity contribution < 1.29 is 17.6 Å². The topological polar surface area (TPSA) is 75.3 Å². The predicted molar refractivity (Wildman–Crippen MR) is 109 cm³/mol. The number of rotatable bonds is 8. The van der Waals surface area contributed by atoms with Gasteiger partial charge in [0.15, 0.2) is 0 Å². The minimum atomic E-state index is -4.00. The van der Waals surface area contributed by atoms with E-state index in [-0.39, 0.29) is 17.9 Å². The van der Waals surface area contributed by atoms with E-state index in [1.807, 2.05) is 60.7 Å². The zero-order valence-electron chi connectivity index (χ0n) is 15.6. The van der Waals surface area contributed by atoms with Crippen LogP contribution in [0.3, 0.4) is 0 Å². The van der Waals surface area contributed by atoms with E-state index in [9.17, 15) is 17.6 Å². The number of halogens is 1. The smallest absolute Gasteiger partial charge is 0.241 e. The van der Waals surface area contributed by atoms with Crippen molar-refractivity contribution in [1.29, 1.82) is 0 Å². The Morgan fingerprint density at radius 2 is 1.38 bits per heavy atom. The summed E-state index contributed by atoms with van der Waals surface area (Å²) in [5, 5.41) is 2.78. The van der Waals surface area contributed by atoms with Crippen LogP contribution in [0.4, 0.5) is 4.39 Å². The Morgan fingerprint density at radius 3 is 1.97 bits per heavy atom. The minimum Gasteiger partial charge on any atom is -0.351 e. The van der Waals surface area contributed by atoms with Crippen LogP contribution >= 0.6 is 0 Å². The lowest BCUT2D eigenvalue weighted by Crippen LogP contribution is -2.47. The number of benzene rings is 3. The maximum Gasteiger partial charge on any atom is 0.241 e. The molecule has 0 fully saturated rings. The molecule has 0 saturated carbocycles. The summed E-state index contributed by atoms with van der Waals surface area (Å²) in [6.07, 6.45) is 0.182. The van der Waals surface area contributed by atoms with Crippen LogP contribution in [0.1, 0.15) is 11.1 Å². The van der Waals surface area contributed by atoms with Crippen LogP contribution in [0.15, 0.2) is 89.8 Å². The van der Waals surface area contributed by atoms with Crippen LogP contribution in [-0.2, 0) is 27.8 Å². The number of hydrogen-bond donors (Lipinski definition) is 2. The number of carbonyl (C=O) groups is 1. The summed E-state index contributed by atoms with van der Waals surface area (Å²) in [4.78, 5) is 12.7. The van der Waals surface area contributed by atoms with Crippen LogP contribution in [0, 0.1) is 5.82 Å². The van der Waals surface area contributed by atoms with Gasteiger partial charge in [-0.3, -0.25) is 4.79 Å². The number of amides is 1. The van der Waals surface area contributed by atoms with E-state index in [2.05, 4.69) is 10.0 Å². The molecule has 3 aromatic carbocycles. The van der Waals surface area contributed by atoms with Gasteiger partial charge in [-0.2, -0.15) is 4.72 Å². The normalized spacial score (nSPS) is 12.3. The van der Waals surface area contributed by atoms with E-state index < -0.39 is 27.8 Å². The highest BCUT2D eigenvalue weighted by Gasteiger charge is 2.26. The van der Waals surface area contributed by atoms with Gasteiger partial charge < -0.3 is 5.32 Å². The molecule has 0 spiro atoms. The zero-order chi connectivity index (χ0) is 20.7. The molecule has 0 aliphatic rings. The number of sulfonamides is 1. The number of carbonyl (C=O) groups excluding carboxylic acids is 1. The average Bonchev–Trinajstić information content (AvgIpc) is 2.73. The van der Waals surface area contributed by atoms with Crippen LogP contribution in [0.5, 0.6) is 0 Å². The second-order valence-corrected chi connectivity index (χ2v) is 8.23. The first-order valence-corrected chi connectivity index (χ1v) is 10.6. The molecule has 3 rings (SSSR count). The van der Waals surface area contributed by atoms with Gasteiger partial charge in [-0.25, -0.2) is 12.8 Å². The molecule has 150 valence electrons. The molecule has 1 amide bonds. The van der Waals surface area contributed by atoms with Gasteiger partial charge in [0.1, 0.15) is 11.9 Å². The molecule has 29 heavy (non-hydrogen) atoms. The molecule has 3 aromatic rings. The summed E-state index contributed by atoms with van der Waals surface area (Å²) in [6, 6.07) is 21.9. The van der Waals surface area contributed by atoms with Crippen LogP contribution in [-0.4, -0.2) is 20.4 Å². The summed E-state index contributed by atoms with van der Waals surface area (Å²) >= 11 is 0. The van der Waals surface area contributed by atoms with Crippen molar-refractivity contribution >= 4 is 15.9 Å². The molecule has 7 heteroatoms. The van der Waals surface area contributed by atoms with Crippen LogP contribution < -0.4 is 10.0 Å². The quantitative estimate of drug-likeness (QED) is 0.597. The molecule has 0 aromatic heterocycles. The first kappa shape index (κ1) is 20.7. The Kier molecular flexibility index (Phi) is 6.74. The van der Waals surface area contributed by atoms with Crippen molar-refractivity contribution in [3.8, 4) is 0 Å². The molecule has 5 nitrogen and oxygen atoms in total. The summed E-state index contributed by atoms with van der Waals surface area (Å²) in [5.41, 5.74) is 1.72. The van der Waals surface area contributed by atoms with Crippen LogP contribution in [0.2, 0.25) is 0 Å². The van der Waals surface area contributed by atoms with Crippen molar-refractivity contribution in [1.82, 2.24) is 10.0 Å². The first-order chi connectivity index (χ1) is 13.9. The lowest BCUT2D eigenvalue weighted by Gasteiger charge is -2.19. The lowest BCUT2D eigenvalue weighted by molar-refractivity contribution is -0.122. The Balaban J connectivity index is 1.78. The van der Waals surface area contributed by atoms with E-state index in [1.165, 1.54) is 12.1 Å². The Labute approximate surface area is 169 Å². The molecule has 0 heterocycles. The number of hydrogen-bond acceptors (Lipinski definition) is 3. The predicted octanol–water partition coefficient (Wildman–Crippen LogP) is 3.03. The van der Waals surface area contributed by atoms with Gasteiger partial charge >= 0.3 is 0 Å². The SMILES string of the molecule is O=C(NCc1ccccc1)C(Cc1ccccc1)NS(=O)(=O)c1ccc(F)cc1. The Hall–Kier alpha value is -3.03. The third-order valence-corrected chi connectivity index (χ3v) is 5.82. The Morgan fingerprint density at radius 1 is 0.828 bits per heavy atom. The van der Waals surface area contributed by atoms with Gasteiger partial charge in [-0.15, -0.1) is 0 Å². The Bertz CT molecular complexity index is 1040. The van der Waals surface area contributed by atoms with Crippen molar-refractivity contribution in [2.24, 2.45) is 0 Å². The third kappa shape index (κ3) is 5.97. The van der Waals surface area contributed by atoms with Crippen molar-refractivity contribution in [3.05, 3.63) is 102 Å². The van der Waals surface area contributed by atoms with E-state index >= 15 is 0 Å². The number of nitrogens with one attached hydrogen (secondary N) is 2. The van der Waals surface area contributed by atoms with Gasteiger partial charge in [-0.05, 0) is 41.8 Å². The maximum atomic E-state index is 13.1. The minimum absolute atomic E-state index is 0.104. The molecule has 0 bridgehead atoms. The average molecular weight is 412 g/mol. The van der Waals surface area contributed by atoms with Crippen molar-refractivity contribution in [3.63, 3.8) is 0 Å². The van der Waals surface area contributed by atoms with Gasteiger partial charge in [0, 0.05) is 6.54 Å². The molecule has 0 radical (unpaired) electrons. The maximum absolute atomic E-state index is 13.1. The highest BCUT2D eigenvalue weighted by molar-refractivity contribution is 7.89. The monoisotopic (exact) mass is 412 g/mol. The molecule has 1 atom stereocenters. The fraction of sp³-hybridized carbons (Fsp3) is 0.136. The molecule has 2 N–H and O–H groups in total. The van der Waals surface area contributed by atoms with Gasteiger partial charge in [0.2, 0.25) is 15.9 Å². The lowest BCUT2D eigenvalue weighted by atomic mass is 10.1. The van der Waals surface area contributed by atoms with Gasteiger partial charge in [-0.1, -0.05) is 60.7 Å². The van der Waals surface area contributed by atoms with E-state index in [4.69, 9.17) is 0 Å². The summed E-state index contributed by atoms with van der Waals surface area (Å²) in [6.45, 7) is 0.281. The van der Waals surface area contributed by atoms with Gasteiger partial charge in [0.25, 0.3) is 0 Å². The molecule has 0 aliphatic carbocycles. The summed E-state index contributed by atoms with van der Waals surface area (Å²) < 4.78 is 41.0. The van der Waals surface area contributed by atoms with E-state index in [1.54, 1.807) is 0 Å². The molecule has 0 saturated heterocycles.